The highest BCUT2D eigenvalue weighted by atomic mass is 16.6. The summed E-state index contributed by atoms with van der Waals surface area (Å²) < 4.78 is 10.5. The monoisotopic (exact) mass is 293 g/mol. The second-order valence-electron chi connectivity index (χ2n) is 6.09. The van der Waals surface area contributed by atoms with Crippen LogP contribution in [0.15, 0.2) is 24.3 Å². The fourth-order valence-electron chi connectivity index (χ4n) is 1.89. The maximum Gasteiger partial charge on any atom is 0.407 e. The Morgan fingerprint density at radius 2 is 1.86 bits per heavy atom. The second-order valence-corrected chi connectivity index (χ2v) is 6.09. The van der Waals surface area contributed by atoms with Crippen LogP contribution in [0.3, 0.4) is 0 Å². The number of nitrogens with one attached hydrogen (secondary N) is 1. The molecule has 0 aromatic heterocycles. The van der Waals surface area contributed by atoms with Crippen molar-refractivity contribution in [3.05, 3.63) is 29.8 Å². The van der Waals surface area contributed by atoms with Crippen LogP contribution in [-0.2, 0) is 14.9 Å². The van der Waals surface area contributed by atoms with Gasteiger partial charge in [0.15, 0.2) is 0 Å². The van der Waals surface area contributed by atoms with Crippen molar-refractivity contribution in [1.82, 2.24) is 5.32 Å². The van der Waals surface area contributed by atoms with Crippen molar-refractivity contribution < 1.29 is 19.1 Å². The lowest BCUT2D eigenvalue weighted by Crippen LogP contribution is -2.42. The highest BCUT2D eigenvalue weighted by Crippen LogP contribution is 2.29. The van der Waals surface area contributed by atoms with Crippen LogP contribution in [0.1, 0.15) is 33.3 Å². The number of benzene rings is 1. The first-order valence-electron chi connectivity index (χ1n) is 6.78. The third-order valence-corrected chi connectivity index (χ3v) is 2.98. The minimum Gasteiger partial charge on any atom is -0.496 e. The van der Waals surface area contributed by atoms with E-state index in [4.69, 9.17) is 9.47 Å². The molecule has 5 nitrogen and oxygen atoms in total. The summed E-state index contributed by atoms with van der Waals surface area (Å²) in [6.07, 6.45) is 0.257. The van der Waals surface area contributed by atoms with Crippen LogP contribution in [0.25, 0.3) is 0 Å². The van der Waals surface area contributed by atoms with E-state index in [0.29, 0.717) is 5.75 Å². The van der Waals surface area contributed by atoms with E-state index in [2.05, 4.69) is 5.32 Å². The van der Waals surface area contributed by atoms with Gasteiger partial charge < -0.3 is 19.6 Å². The molecule has 5 heteroatoms. The Labute approximate surface area is 125 Å². The number of methoxy groups -OCH3 is 1. The molecule has 1 aromatic carbocycles. The van der Waals surface area contributed by atoms with Crippen molar-refractivity contribution in [3.8, 4) is 5.75 Å². The summed E-state index contributed by atoms with van der Waals surface area (Å²) in [4.78, 5) is 23.3. The third kappa shape index (κ3) is 4.77. The molecule has 1 unspecified atom stereocenters. The van der Waals surface area contributed by atoms with E-state index in [1.807, 2.05) is 18.2 Å². The fourth-order valence-corrected chi connectivity index (χ4v) is 1.89. The van der Waals surface area contributed by atoms with Crippen LogP contribution in [0, 0.1) is 0 Å². The normalized spacial score (nSPS) is 14.0. The quantitative estimate of drug-likeness (QED) is 0.848. The number of alkyl carbamates (subject to hydrolysis) is 1. The molecule has 0 spiro atoms. The molecule has 0 saturated heterocycles. The minimum absolute atomic E-state index is 0.131. The average molecular weight is 293 g/mol. The fraction of sp³-hybridized carbons (Fsp3) is 0.500. The molecule has 0 radical (unpaired) electrons. The molecule has 0 heterocycles. The van der Waals surface area contributed by atoms with Gasteiger partial charge in [-0.3, -0.25) is 0 Å². The van der Waals surface area contributed by atoms with Crippen LogP contribution in [0.5, 0.6) is 5.75 Å². The summed E-state index contributed by atoms with van der Waals surface area (Å²) in [5.41, 5.74) is -0.742. The Bertz CT molecular complexity index is 507. The Balaban J connectivity index is 2.86. The van der Waals surface area contributed by atoms with Gasteiger partial charge in [-0.15, -0.1) is 0 Å². The maximum absolute atomic E-state index is 11.7. The molecular formula is C16H23NO4. The molecule has 21 heavy (non-hydrogen) atoms. The molecule has 0 saturated carbocycles. The zero-order valence-electron chi connectivity index (χ0n) is 13.2. The summed E-state index contributed by atoms with van der Waals surface area (Å²) >= 11 is 0. The summed E-state index contributed by atoms with van der Waals surface area (Å²) in [5, 5.41) is 2.63. The van der Waals surface area contributed by atoms with Gasteiger partial charge in [0.2, 0.25) is 0 Å². The van der Waals surface area contributed by atoms with E-state index in [0.717, 1.165) is 11.8 Å². The van der Waals surface area contributed by atoms with E-state index in [1.54, 1.807) is 40.9 Å². The minimum atomic E-state index is -0.885. The van der Waals surface area contributed by atoms with Gasteiger partial charge in [-0.05, 0) is 33.8 Å². The van der Waals surface area contributed by atoms with Crippen LogP contribution >= 0.6 is 0 Å². The number of carbonyl (C=O) groups is 2. The molecule has 116 valence electrons. The van der Waals surface area contributed by atoms with Gasteiger partial charge in [-0.2, -0.15) is 0 Å². The zero-order chi connectivity index (χ0) is 16.1. The van der Waals surface area contributed by atoms with Crippen LogP contribution in [-0.4, -0.2) is 31.6 Å². The Kier molecular flexibility index (Phi) is 5.35. The number of rotatable bonds is 5. The van der Waals surface area contributed by atoms with Crippen molar-refractivity contribution in [2.24, 2.45) is 0 Å². The van der Waals surface area contributed by atoms with Crippen LogP contribution < -0.4 is 10.1 Å². The largest absolute Gasteiger partial charge is 0.496 e. The van der Waals surface area contributed by atoms with Crippen molar-refractivity contribution in [1.29, 1.82) is 0 Å². The maximum atomic E-state index is 11.7. The van der Waals surface area contributed by atoms with Gasteiger partial charge in [0.25, 0.3) is 0 Å². The van der Waals surface area contributed by atoms with Gasteiger partial charge >= 0.3 is 6.09 Å². The predicted molar refractivity (Wildman–Crippen MR) is 80.6 cm³/mol. The van der Waals surface area contributed by atoms with Crippen LogP contribution in [0.4, 0.5) is 4.79 Å². The zero-order valence-corrected chi connectivity index (χ0v) is 13.2. The Morgan fingerprint density at radius 1 is 1.24 bits per heavy atom. The molecule has 0 aliphatic carbocycles. The lowest BCUT2D eigenvalue weighted by molar-refractivity contribution is -0.112. The average Bonchev–Trinajstić information content (AvgIpc) is 2.43. The predicted octanol–water partition coefficient (Wildman–Crippen LogP) is 2.68. The topological polar surface area (TPSA) is 64.6 Å². The summed E-state index contributed by atoms with van der Waals surface area (Å²) in [6, 6.07) is 7.25. The van der Waals surface area contributed by atoms with Crippen LogP contribution in [0.2, 0.25) is 0 Å². The van der Waals surface area contributed by atoms with Crippen molar-refractivity contribution >= 4 is 12.4 Å². The molecule has 1 amide bonds. The number of para-hydroxylation sites is 1. The lowest BCUT2D eigenvalue weighted by atomic mass is 9.83. The number of amides is 1. The van der Waals surface area contributed by atoms with Gasteiger partial charge in [-0.25, -0.2) is 4.79 Å². The van der Waals surface area contributed by atoms with Crippen molar-refractivity contribution in [3.63, 3.8) is 0 Å². The Hall–Kier alpha value is -2.04. The molecule has 0 aliphatic heterocycles. The van der Waals surface area contributed by atoms with Crippen molar-refractivity contribution in [2.45, 2.75) is 38.7 Å². The van der Waals surface area contributed by atoms with E-state index in [9.17, 15) is 9.59 Å². The smallest absolute Gasteiger partial charge is 0.407 e. The summed E-state index contributed by atoms with van der Waals surface area (Å²) in [6.45, 7) is 7.23. The molecule has 1 aromatic rings. The molecule has 0 aliphatic rings. The van der Waals surface area contributed by atoms with Gasteiger partial charge in [0.1, 0.15) is 17.6 Å². The van der Waals surface area contributed by atoms with E-state index < -0.39 is 17.1 Å². The first-order valence-corrected chi connectivity index (χ1v) is 6.78. The third-order valence-electron chi connectivity index (χ3n) is 2.98. The van der Waals surface area contributed by atoms with Gasteiger partial charge in [-0.1, -0.05) is 18.2 Å². The van der Waals surface area contributed by atoms with Gasteiger partial charge in [0, 0.05) is 12.1 Å². The molecule has 0 fully saturated rings. The Morgan fingerprint density at radius 3 is 2.38 bits per heavy atom. The van der Waals surface area contributed by atoms with E-state index in [1.165, 1.54) is 0 Å². The number of aldehydes is 1. The highest BCUT2D eigenvalue weighted by molar-refractivity contribution is 5.73. The van der Waals surface area contributed by atoms with E-state index in [-0.39, 0.29) is 6.54 Å². The standard InChI is InChI=1S/C16H23NO4/c1-15(2,3)21-14(19)17-10-16(4,11-18)12-8-6-7-9-13(12)20-5/h6-9,11H,10H2,1-5H3,(H,17,19). The summed E-state index contributed by atoms with van der Waals surface area (Å²) in [5.74, 6) is 0.609. The molecule has 1 atom stereocenters. The van der Waals surface area contributed by atoms with E-state index >= 15 is 0 Å². The second kappa shape index (κ2) is 6.61. The number of ether oxygens (including phenoxy) is 2. The molecule has 1 N–H and O–H groups in total. The molecule has 0 bridgehead atoms. The van der Waals surface area contributed by atoms with Gasteiger partial charge in [0.05, 0.1) is 12.5 Å². The summed E-state index contributed by atoms with van der Waals surface area (Å²) in [7, 11) is 1.55. The first-order chi connectivity index (χ1) is 9.72. The number of hydrogen-bond donors (Lipinski definition) is 1. The SMILES string of the molecule is COc1ccccc1C(C)(C=O)CNC(=O)OC(C)(C)C. The van der Waals surface area contributed by atoms with Crippen molar-refractivity contribution in [2.75, 3.05) is 13.7 Å². The number of carbonyl (C=O) groups excluding carboxylic acids is 2. The molecule has 1 rings (SSSR count). The first kappa shape index (κ1) is 17.0. The number of hydrogen-bond acceptors (Lipinski definition) is 4. The lowest BCUT2D eigenvalue weighted by Gasteiger charge is -2.27. The molecular weight excluding hydrogens is 270 g/mol. The highest BCUT2D eigenvalue weighted by Gasteiger charge is 2.30.